The van der Waals surface area contributed by atoms with Crippen LogP contribution in [0.3, 0.4) is 0 Å². The van der Waals surface area contributed by atoms with Crippen molar-refractivity contribution in [3.05, 3.63) is 77.6 Å². The second-order valence-electron chi connectivity index (χ2n) is 11.8. The van der Waals surface area contributed by atoms with Crippen LogP contribution in [0.4, 0.5) is 0 Å². The Morgan fingerprint density at radius 2 is 1.48 bits per heavy atom. The van der Waals surface area contributed by atoms with E-state index in [1.54, 1.807) is 5.30 Å². The fourth-order valence-electron chi connectivity index (χ4n) is 6.61. The number of aryl methyl sites for hydroxylation is 3. The maximum atomic E-state index is 6.32. The molecule has 218 valence electrons. The molecule has 0 aliphatic heterocycles. The SMILES string of the molecule is CCc1[c-]ccc(C)n1.Cc1cccc(OC(C)C)c1-c1ccccc1[PH+](C1CCCCC1)C1CCCCC1.[Pd+2]. The van der Waals surface area contributed by atoms with Gasteiger partial charge < -0.3 is 4.74 Å². The molecule has 40 heavy (non-hydrogen) atoms. The van der Waals surface area contributed by atoms with Gasteiger partial charge >= 0.3 is 20.4 Å². The molecule has 2 fully saturated rings. The van der Waals surface area contributed by atoms with E-state index < -0.39 is 7.92 Å². The number of hydrogen-bond acceptors (Lipinski definition) is 2. The summed E-state index contributed by atoms with van der Waals surface area (Å²) in [5.74, 6) is 1.06. The predicted molar refractivity (Wildman–Crippen MR) is 171 cm³/mol. The molecule has 0 amide bonds. The van der Waals surface area contributed by atoms with Gasteiger partial charge in [0.25, 0.3) is 0 Å². The van der Waals surface area contributed by atoms with E-state index >= 15 is 0 Å². The average molecular weight is 650 g/mol. The maximum absolute atomic E-state index is 6.32. The Labute approximate surface area is 259 Å². The number of benzene rings is 2. The summed E-state index contributed by atoms with van der Waals surface area (Å²) in [4.78, 5) is 4.24. The second kappa shape index (κ2) is 16.8. The number of nitrogens with zero attached hydrogens (tertiary/aromatic N) is 1. The normalized spacial score (nSPS) is 16.3. The van der Waals surface area contributed by atoms with Gasteiger partial charge in [0.15, 0.2) is 0 Å². The van der Waals surface area contributed by atoms with Crippen LogP contribution in [-0.2, 0) is 26.8 Å². The minimum absolute atomic E-state index is 0. The van der Waals surface area contributed by atoms with E-state index in [0.29, 0.717) is 0 Å². The molecule has 0 unspecified atom stereocenters. The van der Waals surface area contributed by atoms with Crippen molar-refractivity contribution in [2.24, 2.45) is 0 Å². The third-order valence-corrected chi connectivity index (χ3v) is 12.4. The van der Waals surface area contributed by atoms with Crippen molar-refractivity contribution in [3.63, 3.8) is 0 Å². The van der Waals surface area contributed by atoms with Gasteiger partial charge in [-0.25, -0.2) is 12.1 Å². The summed E-state index contributed by atoms with van der Waals surface area (Å²) in [6.07, 6.45) is 15.7. The van der Waals surface area contributed by atoms with E-state index in [0.717, 1.165) is 34.9 Å². The molecule has 5 rings (SSSR count). The smallest absolute Gasteiger partial charge is 0.490 e. The molecule has 0 saturated heterocycles. The van der Waals surface area contributed by atoms with Crippen molar-refractivity contribution in [1.82, 2.24) is 4.98 Å². The zero-order valence-electron chi connectivity index (χ0n) is 25.4. The molecule has 0 bridgehead atoms. The van der Waals surface area contributed by atoms with Crippen LogP contribution in [0.15, 0.2) is 54.6 Å². The number of ether oxygens (including phenoxy) is 1. The van der Waals surface area contributed by atoms with Gasteiger partial charge in [0.1, 0.15) is 5.75 Å². The van der Waals surface area contributed by atoms with Gasteiger partial charge in [0.05, 0.1) is 22.7 Å². The van der Waals surface area contributed by atoms with Gasteiger partial charge in [-0.15, -0.1) is 0 Å². The van der Waals surface area contributed by atoms with Gasteiger partial charge in [-0.1, -0.05) is 55.8 Å². The van der Waals surface area contributed by atoms with Crippen molar-refractivity contribution in [1.29, 1.82) is 0 Å². The molecule has 2 aliphatic rings. The van der Waals surface area contributed by atoms with Crippen LogP contribution in [0.25, 0.3) is 11.1 Å². The third-order valence-electron chi connectivity index (χ3n) is 8.42. The third kappa shape index (κ3) is 8.99. The molecular weight excluding hydrogens is 600 g/mol. The van der Waals surface area contributed by atoms with E-state index in [-0.39, 0.29) is 26.5 Å². The van der Waals surface area contributed by atoms with Crippen LogP contribution < -0.4 is 10.0 Å². The molecule has 1 aromatic heterocycles. The van der Waals surface area contributed by atoms with E-state index in [2.05, 4.69) is 81.2 Å². The standard InChI is InChI=1S/C28H39OP.C8H10N.Pd/c1-21(2)29-26-19-12-13-22(3)28(26)25-18-10-11-20-27(25)30(23-14-6-4-7-15-23)24-16-8-5-9-17-24;1-3-8-6-4-5-7(2)9-8;/h10-13,18-21,23-24H,4-9,14-17H2,1-3H3;4-5H,3H2,1-2H3;/q;-1;+2/p+1. The Hall–Kier alpha value is -1.52. The Balaban J connectivity index is 0.000000377. The zero-order chi connectivity index (χ0) is 27.6. The quantitative estimate of drug-likeness (QED) is 0.144. The van der Waals surface area contributed by atoms with Gasteiger partial charge in [-0.2, -0.15) is 6.07 Å². The summed E-state index contributed by atoms with van der Waals surface area (Å²) >= 11 is 0. The molecule has 2 saturated carbocycles. The van der Waals surface area contributed by atoms with Crippen molar-refractivity contribution in [3.8, 4) is 16.9 Å². The van der Waals surface area contributed by atoms with Gasteiger partial charge in [-0.3, -0.25) is 4.98 Å². The number of hydrogen-bond donors (Lipinski definition) is 0. The molecular formula is C36H50NOPPd+2. The van der Waals surface area contributed by atoms with Gasteiger partial charge in [-0.05, 0) is 109 Å². The fourth-order valence-corrected chi connectivity index (χ4v) is 11.0. The molecule has 0 spiro atoms. The molecule has 3 aromatic rings. The van der Waals surface area contributed by atoms with Crippen molar-refractivity contribution < 1.29 is 25.2 Å². The largest absolute Gasteiger partial charge is 2.00 e. The first-order valence-electron chi connectivity index (χ1n) is 15.5. The summed E-state index contributed by atoms with van der Waals surface area (Å²) in [6.45, 7) is 10.6. The molecule has 2 aliphatic carbocycles. The summed E-state index contributed by atoms with van der Waals surface area (Å²) in [6, 6.07) is 22.9. The minimum atomic E-state index is -0.617. The Bertz CT molecular complexity index is 1150. The summed E-state index contributed by atoms with van der Waals surface area (Å²) < 4.78 is 6.32. The number of pyridine rings is 1. The monoisotopic (exact) mass is 649 g/mol. The first-order valence-corrected chi connectivity index (χ1v) is 17.2. The van der Waals surface area contributed by atoms with Gasteiger partial charge in [0.2, 0.25) is 0 Å². The molecule has 0 radical (unpaired) electrons. The summed E-state index contributed by atoms with van der Waals surface area (Å²) in [5.41, 5.74) is 8.18. The first-order chi connectivity index (χ1) is 19.0. The van der Waals surface area contributed by atoms with Crippen molar-refractivity contribution in [2.75, 3.05) is 0 Å². The fraction of sp³-hybridized carbons (Fsp3) is 0.528. The second-order valence-corrected chi connectivity index (χ2v) is 14.9. The van der Waals surface area contributed by atoms with Crippen molar-refractivity contribution >= 4 is 13.2 Å². The topological polar surface area (TPSA) is 22.1 Å². The minimum Gasteiger partial charge on any atom is -0.490 e. The molecule has 1 heterocycles. The van der Waals surface area contributed by atoms with Crippen LogP contribution in [0, 0.1) is 19.9 Å². The van der Waals surface area contributed by atoms with Crippen LogP contribution in [0.2, 0.25) is 0 Å². The Morgan fingerprint density at radius 3 is 2.02 bits per heavy atom. The van der Waals surface area contributed by atoms with Crippen LogP contribution >= 0.6 is 7.92 Å². The van der Waals surface area contributed by atoms with Gasteiger partial charge in [0, 0.05) is 19.0 Å². The van der Waals surface area contributed by atoms with Crippen LogP contribution in [-0.4, -0.2) is 22.4 Å². The molecule has 0 atom stereocenters. The predicted octanol–water partition coefficient (Wildman–Crippen LogP) is 9.70. The summed E-state index contributed by atoms with van der Waals surface area (Å²) in [7, 11) is -0.617. The van der Waals surface area contributed by atoms with E-state index in [4.69, 9.17) is 4.74 Å². The number of aromatic nitrogens is 1. The van der Waals surface area contributed by atoms with Crippen LogP contribution in [0.1, 0.15) is 102 Å². The molecule has 4 heteroatoms. The first kappa shape index (κ1) is 33.0. The zero-order valence-corrected chi connectivity index (χ0v) is 27.9. The molecule has 2 nitrogen and oxygen atoms in total. The summed E-state index contributed by atoms with van der Waals surface area (Å²) in [5, 5.41) is 1.70. The van der Waals surface area contributed by atoms with E-state index in [9.17, 15) is 0 Å². The van der Waals surface area contributed by atoms with E-state index in [1.165, 1.54) is 80.9 Å². The van der Waals surface area contributed by atoms with E-state index in [1.807, 2.05) is 19.1 Å². The average Bonchev–Trinajstić information content (AvgIpc) is 2.95. The Morgan fingerprint density at radius 1 is 0.850 bits per heavy atom. The number of rotatable bonds is 7. The molecule has 0 N–H and O–H groups in total. The van der Waals surface area contributed by atoms with Crippen LogP contribution in [0.5, 0.6) is 5.75 Å². The van der Waals surface area contributed by atoms with Crippen molar-refractivity contribution in [2.45, 2.75) is 123 Å². The molecule has 2 aromatic carbocycles. The maximum Gasteiger partial charge on any atom is 2.00 e. The Kier molecular flexibility index (Phi) is 13.9.